The van der Waals surface area contributed by atoms with Gasteiger partial charge in [0.1, 0.15) is 0 Å². The predicted octanol–water partition coefficient (Wildman–Crippen LogP) is 3.34. The number of nitrogens with zero attached hydrogens (tertiary/aromatic N) is 2. The first-order chi connectivity index (χ1) is 9.06. The molecule has 19 heavy (non-hydrogen) atoms. The van der Waals surface area contributed by atoms with Crippen molar-refractivity contribution in [1.82, 2.24) is 4.90 Å². The van der Waals surface area contributed by atoms with Crippen molar-refractivity contribution >= 4 is 11.3 Å². The molecule has 0 fully saturated rings. The summed E-state index contributed by atoms with van der Waals surface area (Å²) in [4.78, 5) is 12.7. The van der Waals surface area contributed by atoms with E-state index in [0.717, 1.165) is 31.6 Å². The standard InChI is InChI=1S/C15H20N2O2/c1-12(2)11-16-9-7-14(8-10-16)13-3-5-15(6-4-13)17(18)19/h3-7,12H,8-11H2,1-2H3. The van der Waals surface area contributed by atoms with Crippen molar-refractivity contribution < 1.29 is 4.92 Å². The normalized spacial score (nSPS) is 16.5. The lowest BCUT2D eigenvalue weighted by atomic mass is 9.99. The van der Waals surface area contributed by atoms with Gasteiger partial charge in [-0.25, -0.2) is 0 Å². The molecule has 0 saturated heterocycles. The highest BCUT2D eigenvalue weighted by molar-refractivity contribution is 5.67. The predicted molar refractivity (Wildman–Crippen MR) is 77.0 cm³/mol. The fourth-order valence-corrected chi connectivity index (χ4v) is 2.45. The zero-order chi connectivity index (χ0) is 13.8. The van der Waals surface area contributed by atoms with E-state index in [9.17, 15) is 10.1 Å². The molecule has 0 spiro atoms. The Morgan fingerprint density at radius 3 is 2.47 bits per heavy atom. The molecule has 1 aromatic carbocycles. The third kappa shape index (κ3) is 3.64. The van der Waals surface area contributed by atoms with Crippen LogP contribution in [0.5, 0.6) is 0 Å². The minimum absolute atomic E-state index is 0.154. The first kappa shape index (κ1) is 13.7. The number of hydrogen-bond acceptors (Lipinski definition) is 3. The Kier molecular flexibility index (Phi) is 4.32. The molecule has 1 heterocycles. The molecule has 1 aliphatic rings. The molecule has 102 valence electrons. The molecule has 0 amide bonds. The van der Waals surface area contributed by atoms with Crippen LogP contribution in [0.1, 0.15) is 25.8 Å². The summed E-state index contributed by atoms with van der Waals surface area (Å²) >= 11 is 0. The third-order valence-corrected chi connectivity index (χ3v) is 3.37. The second-order valence-corrected chi connectivity index (χ2v) is 5.44. The van der Waals surface area contributed by atoms with Crippen LogP contribution in [-0.4, -0.2) is 29.5 Å². The Morgan fingerprint density at radius 2 is 2.00 bits per heavy atom. The van der Waals surface area contributed by atoms with E-state index in [1.54, 1.807) is 12.1 Å². The van der Waals surface area contributed by atoms with Gasteiger partial charge in [-0.3, -0.25) is 15.0 Å². The largest absolute Gasteiger partial charge is 0.299 e. The molecule has 0 bridgehead atoms. The van der Waals surface area contributed by atoms with Crippen molar-refractivity contribution in [3.63, 3.8) is 0 Å². The molecule has 0 atom stereocenters. The Hall–Kier alpha value is -1.68. The number of hydrogen-bond donors (Lipinski definition) is 0. The van der Waals surface area contributed by atoms with E-state index >= 15 is 0 Å². The number of benzene rings is 1. The van der Waals surface area contributed by atoms with Gasteiger partial charge in [0.15, 0.2) is 0 Å². The minimum Gasteiger partial charge on any atom is -0.299 e. The quantitative estimate of drug-likeness (QED) is 0.616. The molecule has 2 rings (SSSR count). The van der Waals surface area contributed by atoms with Gasteiger partial charge >= 0.3 is 0 Å². The smallest absolute Gasteiger partial charge is 0.269 e. The maximum Gasteiger partial charge on any atom is 0.269 e. The average Bonchev–Trinajstić information content (AvgIpc) is 2.39. The number of rotatable bonds is 4. The average molecular weight is 260 g/mol. The van der Waals surface area contributed by atoms with Crippen LogP contribution in [0.4, 0.5) is 5.69 Å². The minimum atomic E-state index is -0.358. The van der Waals surface area contributed by atoms with Crippen LogP contribution >= 0.6 is 0 Å². The van der Waals surface area contributed by atoms with Gasteiger partial charge in [0, 0.05) is 31.8 Å². The fraction of sp³-hybridized carbons (Fsp3) is 0.467. The zero-order valence-corrected chi connectivity index (χ0v) is 11.5. The molecule has 0 aliphatic carbocycles. The number of nitro benzene ring substituents is 1. The van der Waals surface area contributed by atoms with E-state index in [2.05, 4.69) is 24.8 Å². The van der Waals surface area contributed by atoms with Crippen LogP contribution in [0.3, 0.4) is 0 Å². The molecule has 4 nitrogen and oxygen atoms in total. The van der Waals surface area contributed by atoms with Crippen LogP contribution in [0.25, 0.3) is 5.57 Å². The van der Waals surface area contributed by atoms with Crippen LogP contribution in [0.15, 0.2) is 30.3 Å². The SMILES string of the molecule is CC(C)CN1CC=C(c2ccc([N+](=O)[O-])cc2)CC1. The van der Waals surface area contributed by atoms with Gasteiger partial charge in [0.25, 0.3) is 5.69 Å². The highest BCUT2D eigenvalue weighted by Gasteiger charge is 2.14. The summed E-state index contributed by atoms with van der Waals surface area (Å²) in [6.45, 7) is 7.64. The molecular weight excluding hydrogens is 240 g/mol. The van der Waals surface area contributed by atoms with Crippen molar-refractivity contribution in [3.05, 3.63) is 46.0 Å². The monoisotopic (exact) mass is 260 g/mol. The summed E-state index contributed by atoms with van der Waals surface area (Å²) in [6.07, 6.45) is 3.26. The summed E-state index contributed by atoms with van der Waals surface area (Å²) in [5.41, 5.74) is 2.56. The molecule has 0 saturated carbocycles. The van der Waals surface area contributed by atoms with Gasteiger partial charge in [-0.1, -0.05) is 19.9 Å². The van der Waals surface area contributed by atoms with Crippen LogP contribution in [0, 0.1) is 16.0 Å². The van der Waals surface area contributed by atoms with E-state index < -0.39 is 0 Å². The molecule has 4 heteroatoms. The summed E-state index contributed by atoms with van der Waals surface area (Å²) < 4.78 is 0. The maximum absolute atomic E-state index is 10.6. The van der Waals surface area contributed by atoms with Gasteiger partial charge < -0.3 is 0 Å². The second kappa shape index (κ2) is 5.97. The lowest BCUT2D eigenvalue weighted by Crippen LogP contribution is -2.31. The highest BCUT2D eigenvalue weighted by Crippen LogP contribution is 2.24. The molecule has 0 aromatic heterocycles. The first-order valence-corrected chi connectivity index (χ1v) is 6.72. The summed E-state index contributed by atoms with van der Waals surface area (Å²) in [5, 5.41) is 10.6. The Bertz CT molecular complexity index is 477. The molecular formula is C15H20N2O2. The van der Waals surface area contributed by atoms with E-state index in [1.807, 2.05) is 12.1 Å². The number of nitro groups is 1. The van der Waals surface area contributed by atoms with Crippen LogP contribution < -0.4 is 0 Å². The molecule has 0 unspecified atom stereocenters. The van der Waals surface area contributed by atoms with Crippen molar-refractivity contribution in [3.8, 4) is 0 Å². The fourth-order valence-electron chi connectivity index (χ4n) is 2.45. The van der Waals surface area contributed by atoms with E-state index in [-0.39, 0.29) is 10.6 Å². The molecule has 0 N–H and O–H groups in total. The summed E-state index contributed by atoms with van der Waals surface area (Å²) in [5.74, 6) is 0.689. The number of non-ortho nitro benzene ring substituents is 1. The van der Waals surface area contributed by atoms with Crippen LogP contribution in [0.2, 0.25) is 0 Å². The van der Waals surface area contributed by atoms with Gasteiger partial charge in [0.05, 0.1) is 4.92 Å². The molecule has 1 aromatic rings. The lowest BCUT2D eigenvalue weighted by molar-refractivity contribution is -0.384. The molecule has 1 aliphatic heterocycles. The molecule has 0 radical (unpaired) electrons. The lowest BCUT2D eigenvalue weighted by Gasteiger charge is -2.27. The Morgan fingerprint density at radius 1 is 1.32 bits per heavy atom. The Labute approximate surface area is 113 Å². The zero-order valence-electron chi connectivity index (χ0n) is 11.5. The van der Waals surface area contributed by atoms with E-state index in [1.165, 1.54) is 5.57 Å². The van der Waals surface area contributed by atoms with Gasteiger partial charge in [-0.05, 0) is 35.6 Å². The Balaban J connectivity index is 2.03. The van der Waals surface area contributed by atoms with Gasteiger partial charge in [-0.15, -0.1) is 0 Å². The topological polar surface area (TPSA) is 46.4 Å². The van der Waals surface area contributed by atoms with Crippen molar-refractivity contribution in [2.75, 3.05) is 19.6 Å². The third-order valence-electron chi connectivity index (χ3n) is 3.37. The highest BCUT2D eigenvalue weighted by atomic mass is 16.6. The summed E-state index contributed by atoms with van der Waals surface area (Å²) in [6, 6.07) is 6.86. The van der Waals surface area contributed by atoms with Crippen molar-refractivity contribution in [1.29, 1.82) is 0 Å². The first-order valence-electron chi connectivity index (χ1n) is 6.72. The van der Waals surface area contributed by atoms with Gasteiger partial charge in [0.2, 0.25) is 0 Å². The van der Waals surface area contributed by atoms with E-state index in [0.29, 0.717) is 5.92 Å². The van der Waals surface area contributed by atoms with Gasteiger partial charge in [-0.2, -0.15) is 0 Å². The maximum atomic E-state index is 10.6. The van der Waals surface area contributed by atoms with E-state index in [4.69, 9.17) is 0 Å². The van der Waals surface area contributed by atoms with Crippen molar-refractivity contribution in [2.24, 2.45) is 5.92 Å². The van der Waals surface area contributed by atoms with Crippen molar-refractivity contribution in [2.45, 2.75) is 20.3 Å². The summed E-state index contributed by atoms with van der Waals surface area (Å²) in [7, 11) is 0. The second-order valence-electron chi connectivity index (χ2n) is 5.44. The van der Waals surface area contributed by atoms with Crippen LogP contribution in [-0.2, 0) is 0 Å².